The first-order chi connectivity index (χ1) is 8.11. The van der Waals surface area contributed by atoms with Crippen LogP contribution in [-0.2, 0) is 6.42 Å². The highest BCUT2D eigenvalue weighted by Crippen LogP contribution is 2.27. The van der Waals surface area contributed by atoms with Crippen LogP contribution in [0, 0.1) is 5.92 Å². The van der Waals surface area contributed by atoms with Crippen molar-refractivity contribution in [1.29, 1.82) is 0 Å². The van der Waals surface area contributed by atoms with E-state index in [0.29, 0.717) is 29.6 Å². The molecule has 92 valence electrons. The molecule has 0 saturated heterocycles. The van der Waals surface area contributed by atoms with E-state index in [-0.39, 0.29) is 17.0 Å². The predicted octanol–water partition coefficient (Wildman–Crippen LogP) is 1.73. The zero-order valence-electron chi connectivity index (χ0n) is 9.68. The first-order valence-electron chi connectivity index (χ1n) is 5.81. The molecule has 0 aromatic carbocycles. The summed E-state index contributed by atoms with van der Waals surface area (Å²) in [5, 5.41) is 3.18. The highest BCUT2D eigenvalue weighted by molar-refractivity contribution is 6.31. The van der Waals surface area contributed by atoms with Gasteiger partial charge in [-0.25, -0.2) is 0 Å². The second-order valence-corrected chi connectivity index (χ2v) is 4.75. The SMILES string of the molecule is CCc1[nH]c(=O)c(C(=O)NCC2CC2)cc1Cl. The van der Waals surface area contributed by atoms with Gasteiger partial charge in [-0.1, -0.05) is 18.5 Å². The van der Waals surface area contributed by atoms with Gasteiger partial charge in [-0.2, -0.15) is 0 Å². The molecule has 1 aliphatic carbocycles. The molecule has 1 saturated carbocycles. The first kappa shape index (κ1) is 12.2. The molecule has 0 spiro atoms. The maximum absolute atomic E-state index is 11.8. The number of nitrogens with one attached hydrogen (secondary N) is 2. The van der Waals surface area contributed by atoms with E-state index in [0.717, 1.165) is 12.8 Å². The fraction of sp³-hybridized carbons (Fsp3) is 0.500. The van der Waals surface area contributed by atoms with Gasteiger partial charge in [0.2, 0.25) is 0 Å². The summed E-state index contributed by atoms with van der Waals surface area (Å²) in [6, 6.07) is 1.45. The van der Waals surface area contributed by atoms with E-state index >= 15 is 0 Å². The number of carbonyl (C=O) groups is 1. The lowest BCUT2D eigenvalue weighted by molar-refractivity contribution is 0.0950. The molecule has 1 aliphatic rings. The maximum Gasteiger partial charge on any atom is 0.261 e. The summed E-state index contributed by atoms with van der Waals surface area (Å²) in [4.78, 5) is 26.1. The Morgan fingerprint density at radius 2 is 2.29 bits per heavy atom. The zero-order chi connectivity index (χ0) is 12.4. The summed E-state index contributed by atoms with van der Waals surface area (Å²) in [6.07, 6.45) is 2.95. The molecule has 2 N–H and O–H groups in total. The highest BCUT2D eigenvalue weighted by Gasteiger charge is 2.22. The number of carbonyl (C=O) groups excluding carboxylic acids is 1. The number of aromatic amines is 1. The number of hydrogen-bond donors (Lipinski definition) is 2. The maximum atomic E-state index is 11.8. The molecule has 1 aromatic rings. The van der Waals surface area contributed by atoms with Crippen molar-refractivity contribution in [1.82, 2.24) is 10.3 Å². The van der Waals surface area contributed by atoms with Gasteiger partial charge in [0.05, 0.1) is 5.02 Å². The van der Waals surface area contributed by atoms with Crippen LogP contribution in [0.15, 0.2) is 10.9 Å². The van der Waals surface area contributed by atoms with Gasteiger partial charge >= 0.3 is 0 Å². The number of rotatable bonds is 4. The Hall–Kier alpha value is -1.29. The highest BCUT2D eigenvalue weighted by atomic mass is 35.5. The molecule has 1 amide bonds. The molecule has 1 heterocycles. The fourth-order valence-electron chi connectivity index (χ4n) is 1.62. The molecule has 0 bridgehead atoms. The predicted molar refractivity (Wildman–Crippen MR) is 66.5 cm³/mol. The molecule has 0 atom stereocenters. The molecule has 1 aromatic heterocycles. The van der Waals surface area contributed by atoms with E-state index in [9.17, 15) is 9.59 Å². The quantitative estimate of drug-likeness (QED) is 0.860. The third-order valence-corrected chi connectivity index (χ3v) is 3.25. The summed E-state index contributed by atoms with van der Waals surface area (Å²) in [6.45, 7) is 2.54. The van der Waals surface area contributed by atoms with Crippen LogP contribution in [0.3, 0.4) is 0 Å². The second-order valence-electron chi connectivity index (χ2n) is 4.35. The monoisotopic (exact) mass is 254 g/mol. The van der Waals surface area contributed by atoms with Crippen LogP contribution in [-0.4, -0.2) is 17.4 Å². The molecule has 5 heteroatoms. The Labute approximate surface area is 104 Å². The van der Waals surface area contributed by atoms with Crippen molar-refractivity contribution in [2.75, 3.05) is 6.54 Å². The van der Waals surface area contributed by atoms with Gasteiger partial charge in [0.25, 0.3) is 11.5 Å². The van der Waals surface area contributed by atoms with Gasteiger partial charge in [0.1, 0.15) is 5.56 Å². The summed E-state index contributed by atoms with van der Waals surface area (Å²) < 4.78 is 0. The first-order valence-corrected chi connectivity index (χ1v) is 6.19. The van der Waals surface area contributed by atoms with Crippen LogP contribution in [0.4, 0.5) is 0 Å². The summed E-state index contributed by atoms with van der Waals surface area (Å²) in [7, 11) is 0. The number of pyridine rings is 1. The number of amides is 1. The number of aromatic nitrogens is 1. The van der Waals surface area contributed by atoms with Crippen LogP contribution in [0.1, 0.15) is 35.8 Å². The average Bonchev–Trinajstić information content (AvgIpc) is 3.12. The smallest absolute Gasteiger partial charge is 0.261 e. The number of aryl methyl sites for hydroxylation is 1. The van der Waals surface area contributed by atoms with Gasteiger partial charge in [0, 0.05) is 12.2 Å². The zero-order valence-corrected chi connectivity index (χ0v) is 10.4. The number of hydrogen-bond acceptors (Lipinski definition) is 2. The molecule has 4 nitrogen and oxygen atoms in total. The van der Waals surface area contributed by atoms with Crippen LogP contribution in [0.25, 0.3) is 0 Å². The number of halogens is 1. The Bertz CT molecular complexity index is 492. The fourth-order valence-corrected chi connectivity index (χ4v) is 1.91. The lowest BCUT2D eigenvalue weighted by atomic mass is 10.2. The summed E-state index contributed by atoms with van der Waals surface area (Å²) in [5.74, 6) is 0.242. The standard InChI is InChI=1S/C12H15ClN2O2/c1-2-10-9(13)5-8(12(17)15-10)11(16)14-6-7-3-4-7/h5,7H,2-4,6H2,1H3,(H,14,16)(H,15,17). The molecule has 0 radical (unpaired) electrons. The molecule has 0 aliphatic heterocycles. The molecule has 2 rings (SSSR count). The second kappa shape index (κ2) is 4.92. The average molecular weight is 255 g/mol. The Kier molecular flexibility index (Phi) is 3.52. The van der Waals surface area contributed by atoms with E-state index in [1.165, 1.54) is 6.07 Å². The van der Waals surface area contributed by atoms with Crippen LogP contribution < -0.4 is 10.9 Å². The van der Waals surface area contributed by atoms with Gasteiger partial charge in [-0.3, -0.25) is 9.59 Å². The Morgan fingerprint density at radius 3 is 2.88 bits per heavy atom. The van der Waals surface area contributed by atoms with Crippen LogP contribution in [0.2, 0.25) is 5.02 Å². The lowest BCUT2D eigenvalue weighted by Crippen LogP contribution is -2.31. The topological polar surface area (TPSA) is 62.0 Å². The van der Waals surface area contributed by atoms with Crippen molar-refractivity contribution >= 4 is 17.5 Å². The van der Waals surface area contributed by atoms with Crippen LogP contribution >= 0.6 is 11.6 Å². The molecule has 17 heavy (non-hydrogen) atoms. The minimum Gasteiger partial charge on any atom is -0.352 e. The normalized spacial score (nSPS) is 14.7. The minimum absolute atomic E-state index is 0.0906. The third kappa shape index (κ3) is 2.88. The third-order valence-electron chi connectivity index (χ3n) is 2.91. The van der Waals surface area contributed by atoms with Gasteiger partial charge in [-0.15, -0.1) is 0 Å². The molecular weight excluding hydrogens is 240 g/mol. The van der Waals surface area contributed by atoms with Crippen molar-refractivity contribution in [2.45, 2.75) is 26.2 Å². The summed E-state index contributed by atoms with van der Waals surface area (Å²) >= 11 is 5.97. The van der Waals surface area contributed by atoms with Crippen molar-refractivity contribution in [3.63, 3.8) is 0 Å². The summed E-state index contributed by atoms with van der Waals surface area (Å²) in [5.41, 5.74) is 0.378. The van der Waals surface area contributed by atoms with Gasteiger partial charge in [0.15, 0.2) is 0 Å². The van der Waals surface area contributed by atoms with Crippen LogP contribution in [0.5, 0.6) is 0 Å². The van der Waals surface area contributed by atoms with Gasteiger partial charge in [-0.05, 0) is 31.2 Å². The number of H-pyrrole nitrogens is 1. The van der Waals surface area contributed by atoms with E-state index in [2.05, 4.69) is 10.3 Å². The van der Waals surface area contributed by atoms with Crippen molar-refractivity contribution < 1.29 is 4.79 Å². The largest absolute Gasteiger partial charge is 0.352 e. The lowest BCUT2D eigenvalue weighted by Gasteiger charge is -2.06. The van der Waals surface area contributed by atoms with Gasteiger partial charge < -0.3 is 10.3 Å². The van der Waals surface area contributed by atoms with Crippen molar-refractivity contribution in [2.24, 2.45) is 5.92 Å². The van der Waals surface area contributed by atoms with E-state index in [1.807, 2.05) is 6.92 Å². The van der Waals surface area contributed by atoms with E-state index < -0.39 is 0 Å². The van der Waals surface area contributed by atoms with E-state index in [4.69, 9.17) is 11.6 Å². The Balaban J connectivity index is 2.16. The minimum atomic E-state index is -0.375. The van der Waals surface area contributed by atoms with E-state index in [1.54, 1.807) is 0 Å². The molecule has 0 unspecified atom stereocenters. The Morgan fingerprint density at radius 1 is 1.59 bits per heavy atom. The van der Waals surface area contributed by atoms with Crippen molar-refractivity contribution in [3.8, 4) is 0 Å². The van der Waals surface area contributed by atoms with Crippen molar-refractivity contribution in [3.05, 3.63) is 32.7 Å². The molecular formula is C12H15ClN2O2. The molecule has 1 fully saturated rings.